The van der Waals surface area contributed by atoms with Gasteiger partial charge in [-0.3, -0.25) is 0 Å². The Morgan fingerprint density at radius 3 is 2.84 bits per heavy atom. The molecule has 0 aliphatic carbocycles. The van der Waals surface area contributed by atoms with Gasteiger partial charge in [0.15, 0.2) is 0 Å². The first-order valence-corrected chi connectivity index (χ1v) is 7.26. The molecule has 1 fully saturated rings. The van der Waals surface area contributed by atoms with E-state index in [2.05, 4.69) is 29.3 Å². The number of benzene rings is 1. The molecule has 0 spiro atoms. The smallest absolute Gasteiger partial charge is 0.0991 e. The summed E-state index contributed by atoms with van der Waals surface area (Å²) >= 11 is 0. The minimum atomic E-state index is 0.624. The molecule has 0 atom stereocenters. The molecule has 102 valence electrons. The Labute approximate surface area is 116 Å². The van der Waals surface area contributed by atoms with Gasteiger partial charge in [0, 0.05) is 12.6 Å². The normalized spacial score (nSPS) is 17.3. The number of nitrogens with zero attached hydrogens (tertiary/aromatic N) is 2. The molecule has 1 heterocycles. The van der Waals surface area contributed by atoms with Crippen LogP contribution in [0, 0.1) is 11.3 Å². The Morgan fingerprint density at radius 1 is 1.37 bits per heavy atom. The van der Waals surface area contributed by atoms with Gasteiger partial charge in [-0.05, 0) is 56.6 Å². The summed E-state index contributed by atoms with van der Waals surface area (Å²) in [5.74, 6) is 0. The van der Waals surface area contributed by atoms with Gasteiger partial charge in [0.2, 0.25) is 0 Å². The zero-order valence-corrected chi connectivity index (χ0v) is 11.7. The van der Waals surface area contributed by atoms with E-state index in [4.69, 9.17) is 5.26 Å². The van der Waals surface area contributed by atoms with Gasteiger partial charge in [-0.25, -0.2) is 0 Å². The minimum absolute atomic E-state index is 0.624. The first-order valence-electron chi connectivity index (χ1n) is 7.26. The summed E-state index contributed by atoms with van der Waals surface area (Å²) in [4.78, 5) is 2.55. The van der Waals surface area contributed by atoms with Crippen LogP contribution in [0.1, 0.15) is 37.3 Å². The fourth-order valence-electron chi connectivity index (χ4n) is 2.69. The van der Waals surface area contributed by atoms with E-state index in [0.29, 0.717) is 6.04 Å². The molecule has 3 heteroatoms. The van der Waals surface area contributed by atoms with Crippen LogP contribution in [0.4, 0.5) is 0 Å². The van der Waals surface area contributed by atoms with Gasteiger partial charge in [-0.1, -0.05) is 19.1 Å². The number of nitriles is 1. The van der Waals surface area contributed by atoms with Crippen molar-refractivity contribution in [1.82, 2.24) is 10.2 Å². The molecule has 0 amide bonds. The molecule has 0 saturated carbocycles. The second-order valence-electron chi connectivity index (χ2n) is 5.31. The van der Waals surface area contributed by atoms with E-state index in [0.717, 1.165) is 12.1 Å². The maximum Gasteiger partial charge on any atom is 0.0991 e. The van der Waals surface area contributed by atoms with Crippen molar-refractivity contribution in [1.29, 1.82) is 5.26 Å². The summed E-state index contributed by atoms with van der Waals surface area (Å²) in [6.45, 7) is 6.77. The molecule has 1 aliphatic heterocycles. The van der Waals surface area contributed by atoms with Gasteiger partial charge in [-0.15, -0.1) is 0 Å². The van der Waals surface area contributed by atoms with E-state index in [1.54, 1.807) is 0 Å². The largest absolute Gasteiger partial charge is 0.310 e. The lowest BCUT2D eigenvalue weighted by molar-refractivity contribution is 0.197. The first-order chi connectivity index (χ1) is 9.31. The Kier molecular flexibility index (Phi) is 5.38. The molecule has 0 unspecified atom stereocenters. The summed E-state index contributed by atoms with van der Waals surface area (Å²) in [6.07, 6.45) is 3.72. The topological polar surface area (TPSA) is 39.1 Å². The molecule has 1 aromatic carbocycles. The fourth-order valence-corrected chi connectivity index (χ4v) is 2.69. The van der Waals surface area contributed by atoms with Crippen LogP contribution in [0.3, 0.4) is 0 Å². The summed E-state index contributed by atoms with van der Waals surface area (Å²) in [7, 11) is 0. The van der Waals surface area contributed by atoms with Crippen LogP contribution in [0.5, 0.6) is 0 Å². The van der Waals surface area contributed by atoms with E-state index < -0.39 is 0 Å². The van der Waals surface area contributed by atoms with Gasteiger partial charge < -0.3 is 10.2 Å². The number of rotatable bonds is 5. The molecule has 0 radical (unpaired) electrons. The molecular formula is C16H23N3. The minimum Gasteiger partial charge on any atom is -0.310 e. The molecule has 0 aromatic heterocycles. The highest BCUT2D eigenvalue weighted by Crippen LogP contribution is 2.12. The van der Waals surface area contributed by atoms with E-state index >= 15 is 0 Å². The van der Waals surface area contributed by atoms with Crippen molar-refractivity contribution >= 4 is 0 Å². The van der Waals surface area contributed by atoms with Crippen LogP contribution in [-0.4, -0.2) is 30.6 Å². The van der Waals surface area contributed by atoms with E-state index in [1.165, 1.54) is 44.5 Å². The van der Waals surface area contributed by atoms with Crippen LogP contribution in [0.15, 0.2) is 24.3 Å². The number of hydrogen-bond acceptors (Lipinski definition) is 3. The lowest BCUT2D eigenvalue weighted by Crippen LogP contribution is -2.42. The van der Waals surface area contributed by atoms with Gasteiger partial charge >= 0.3 is 0 Å². The molecule has 19 heavy (non-hydrogen) atoms. The predicted molar refractivity (Wildman–Crippen MR) is 77.7 cm³/mol. The van der Waals surface area contributed by atoms with Crippen molar-refractivity contribution < 1.29 is 0 Å². The molecule has 1 aromatic rings. The van der Waals surface area contributed by atoms with Gasteiger partial charge in [0.05, 0.1) is 11.6 Å². The average molecular weight is 257 g/mol. The summed E-state index contributed by atoms with van der Waals surface area (Å²) < 4.78 is 0. The van der Waals surface area contributed by atoms with Crippen molar-refractivity contribution in [2.75, 3.05) is 19.6 Å². The van der Waals surface area contributed by atoms with Gasteiger partial charge in [-0.2, -0.15) is 5.26 Å². The highest BCUT2D eigenvalue weighted by Gasteiger charge is 2.17. The van der Waals surface area contributed by atoms with Crippen molar-refractivity contribution in [3.05, 3.63) is 35.4 Å². The van der Waals surface area contributed by atoms with Crippen LogP contribution < -0.4 is 5.32 Å². The van der Waals surface area contributed by atoms with Crippen molar-refractivity contribution in [3.63, 3.8) is 0 Å². The van der Waals surface area contributed by atoms with E-state index in [-0.39, 0.29) is 0 Å². The maximum absolute atomic E-state index is 8.88. The van der Waals surface area contributed by atoms with Crippen molar-refractivity contribution in [2.24, 2.45) is 0 Å². The van der Waals surface area contributed by atoms with E-state index in [1.807, 2.05) is 18.2 Å². The van der Waals surface area contributed by atoms with Crippen LogP contribution in [0.2, 0.25) is 0 Å². The van der Waals surface area contributed by atoms with Gasteiger partial charge in [0.1, 0.15) is 0 Å². The molecular weight excluding hydrogens is 234 g/mol. The molecule has 1 saturated heterocycles. The first kappa shape index (κ1) is 14.0. The number of nitrogens with one attached hydrogen (secondary N) is 1. The van der Waals surface area contributed by atoms with Crippen LogP contribution in [0.25, 0.3) is 0 Å². The third-order valence-corrected chi connectivity index (χ3v) is 3.78. The van der Waals surface area contributed by atoms with Crippen molar-refractivity contribution in [3.8, 4) is 6.07 Å². The lowest BCUT2D eigenvalue weighted by atomic mass is 10.0. The lowest BCUT2D eigenvalue weighted by Gasteiger charge is -2.32. The molecule has 0 bridgehead atoms. The predicted octanol–water partition coefficient (Wildman–Crippen LogP) is 2.52. The Hall–Kier alpha value is -1.37. The summed E-state index contributed by atoms with van der Waals surface area (Å²) in [5, 5.41) is 12.5. The van der Waals surface area contributed by atoms with Crippen LogP contribution in [-0.2, 0) is 6.54 Å². The third kappa shape index (κ3) is 4.34. The quantitative estimate of drug-likeness (QED) is 0.881. The Balaban J connectivity index is 1.76. The molecule has 3 nitrogen and oxygen atoms in total. The highest BCUT2D eigenvalue weighted by molar-refractivity contribution is 5.32. The number of hydrogen-bond donors (Lipinski definition) is 1. The number of likely N-dealkylation sites (tertiary alicyclic amines) is 1. The number of piperidine rings is 1. The standard InChI is InChI=1S/C16H23N3/c1-2-8-19-9-6-16(7-10-19)18-13-15-5-3-4-14(11-15)12-17/h3-5,11,16,18H,2,6-10,13H2,1H3. The van der Waals surface area contributed by atoms with Crippen molar-refractivity contribution in [2.45, 2.75) is 38.8 Å². The molecule has 1 aliphatic rings. The zero-order chi connectivity index (χ0) is 13.5. The summed E-state index contributed by atoms with van der Waals surface area (Å²) in [5.41, 5.74) is 1.95. The zero-order valence-electron chi connectivity index (χ0n) is 11.7. The van der Waals surface area contributed by atoms with Crippen LogP contribution >= 0.6 is 0 Å². The maximum atomic E-state index is 8.88. The monoisotopic (exact) mass is 257 g/mol. The SMILES string of the molecule is CCCN1CCC(NCc2cccc(C#N)c2)CC1. The molecule has 2 rings (SSSR count). The average Bonchev–Trinajstić information content (AvgIpc) is 2.47. The second kappa shape index (κ2) is 7.28. The Bertz CT molecular complexity index is 428. The highest BCUT2D eigenvalue weighted by atomic mass is 15.1. The second-order valence-corrected chi connectivity index (χ2v) is 5.31. The van der Waals surface area contributed by atoms with E-state index in [9.17, 15) is 0 Å². The Morgan fingerprint density at radius 2 is 2.16 bits per heavy atom. The third-order valence-electron chi connectivity index (χ3n) is 3.78. The van der Waals surface area contributed by atoms with Gasteiger partial charge in [0.25, 0.3) is 0 Å². The molecule has 1 N–H and O–H groups in total. The summed E-state index contributed by atoms with van der Waals surface area (Å²) in [6, 6.07) is 10.7. The fraction of sp³-hybridized carbons (Fsp3) is 0.562.